The average Bonchev–Trinajstić information content (AvgIpc) is 2.17. The SMILES string of the molecule is C=CCC(N)C(=O)N1CCCC(C)C1. The van der Waals surface area contributed by atoms with Gasteiger partial charge in [-0.1, -0.05) is 13.0 Å². The quantitative estimate of drug-likeness (QED) is 0.688. The minimum atomic E-state index is -0.391. The van der Waals surface area contributed by atoms with Crippen LogP contribution in [0.4, 0.5) is 0 Å². The molecule has 14 heavy (non-hydrogen) atoms. The first kappa shape index (κ1) is 11.2. The van der Waals surface area contributed by atoms with Crippen molar-refractivity contribution in [3.63, 3.8) is 0 Å². The lowest BCUT2D eigenvalue weighted by atomic mass is 9.99. The van der Waals surface area contributed by atoms with Gasteiger partial charge in [0.2, 0.25) is 5.91 Å². The molecule has 80 valence electrons. The van der Waals surface area contributed by atoms with E-state index in [0.29, 0.717) is 12.3 Å². The Morgan fingerprint density at radius 3 is 3.07 bits per heavy atom. The zero-order valence-corrected chi connectivity index (χ0v) is 8.91. The van der Waals surface area contributed by atoms with Gasteiger partial charge in [-0.2, -0.15) is 0 Å². The van der Waals surface area contributed by atoms with Crippen LogP contribution in [-0.4, -0.2) is 29.9 Å². The molecule has 0 aromatic rings. The molecule has 1 aliphatic rings. The van der Waals surface area contributed by atoms with Crippen LogP contribution in [0.1, 0.15) is 26.2 Å². The second kappa shape index (κ2) is 5.15. The topological polar surface area (TPSA) is 46.3 Å². The van der Waals surface area contributed by atoms with Crippen molar-refractivity contribution in [1.82, 2.24) is 4.90 Å². The molecule has 0 radical (unpaired) electrons. The van der Waals surface area contributed by atoms with E-state index in [9.17, 15) is 4.79 Å². The molecule has 1 aliphatic heterocycles. The van der Waals surface area contributed by atoms with E-state index in [1.165, 1.54) is 6.42 Å². The molecule has 1 heterocycles. The van der Waals surface area contributed by atoms with E-state index in [2.05, 4.69) is 13.5 Å². The van der Waals surface area contributed by atoms with E-state index in [0.717, 1.165) is 19.5 Å². The number of carbonyl (C=O) groups excluding carboxylic acids is 1. The van der Waals surface area contributed by atoms with Gasteiger partial charge in [0.15, 0.2) is 0 Å². The van der Waals surface area contributed by atoms with Crippen molar-refractivity contribution in [1.29, 1.82) is 0 Å². The summed E-state index contributed by atoms with van der Waals surface area (Å²) >= 11 is 0. The lowest BCUT2D eigenvalue weighted by Gasteiger charge is -2.32. The monoisotopic (exact) mass is 196 g/mol. The first-order valence-corrected chi connectivity index (χ1v) is 5.30. The van der Waals surface area contributed by atoms with Crippen LogP contribution < -0.4 is 5.73 Å². The summed E-state index contributed by atoms with van der Waals surface area (Å²) in [6.07, 6.45) is 4.61. The molecule has 3 nitrogen and oxygen atoms in total. The smallest absolute Gasteiger partial charge is 0.239 e. The van der Waals surface area contributed by atoms with Gasteiger partial charge in [0.05, 0.1) is 6.04 Å². The van der Waals surface area contributed by atoms with Gasteiger partial charge in [-0.15, -0.1) is 6.58 Å². The minimum absolute atomic E-state index is 0.0800. The molecule has 2 atom stereocenters. The van der Waals surface area contributed by atoms with Gasteiger partial charge in [0, 0.05) is 13.1 Å². The number of amides is 1. The van der Waals surface area contributed by atoms with Gasteiger partial charge in [0.1, 0.15) is 0 Å². The maximum absolute atomic E-state index is 11.8. The van der Waals surface area contributed by atoms with Gasteiger partial charge < -0.3 is 10.6 Å². The molecule has 1 amide bonds. The fourth-order valence-corrected chi connectivity index (χ4v) is 1.90. The number of hydrogen-bond donors (Lipinski definition) is 1. The van der Waals surface area contributed by atoms with Gasteiger partial charge in [0.25, 0.3) is 0 Å². The van der Waals surface area contributed by atoms with E-state index in [1.807, 2.05) is 4.90 Å². The number of nitrogens with two attached hydrogens (primary N) is 1. The highest BCUT2D eigenvalue weighted by Gasteiger charge is 2.24. The standard InChI is InChI=1S/C11H20N2O/c1-3-5-10(12)11(14)13-7-4-6-9(2)8-13/h3,9-10H,1,4-8,12H2,2H3. The molecular weight excluding hydrogens is 176 g/mol. The highest BCUT2D eigenvalue weighted by Crippen LogP contribution is 2.16. The third-order valence-corrected chi connectivity index (χ3v) is 2.71. The largest absolute Gasteiger partial charge is 0.341 e. The molecule has 1 fully saturated rings. The van der Waals surface area contributed by atoms with E-state index in [4.69, 9.17) is 5.73 Å². The first-order valence-electron chi connectivity index (χ1n) is 5.30. The summed E-state index contributed by atoms with van der Waals surface area (Å²) in [5.74, 6) is 0.695. The van der Waals surface area contributed by atoms with E-state index >= 15 is 0 Å². The summed E-state index contributed by atoms with van der Waals surface area (Å²) in [6.45, 7) is 7.51. The zero-order chi connectivity index (χ0) is 10.6. The van der Waals surface area contributed by atoms with Crippen molar-refractivity contribution < 1.29 is 4.79 Å². The van der Waals surface area contributed by atoms with Crippen LogP contribution in [0.5, 0.6) is 0 Å². The fraction of sp³-hybridized carbons (Fsp3) is 0.727. The van der Waals surface area contributed by atoms with E-state index < -0.39 is 6.04 Å². The van der Waals surface area contributed by atoms with Crippen molar-refractivity contribution in [3.05, 3.63) is 12.7 Å². The number of rotatable bonds is 3. The molecule has 0 saturated carbocycles. The Morgan fingerprint density at radius 1 is 1.79 bits per heavy atom. The molecule has 1 rings (SSSR count). The van der Waals surface area contributed by atoms with Crippen LogP contribution >= 0.6 is 0 Å². The molecule has 3 heteroatoms. The summed E-state index contributed by atoms with van der Waals surface area (Å²) in [5.41, 5.74) is 5.74. The molecule has 2 N–H and O–H groups in total. The highest BCUT2D eigenvalue weighted by atomic mass is 16.2. The van der Waals surface area contributed by atoms with E-state index in [1.54, 1.807) is 6.08 Å². The van der Waals surface area contributed by atoms with Crippen molar-refractivity contribution >= 4 is 5.91 Å². The van der Waals surface area contributed by atoms with Crippen LogP contribution in [0.25, 0.3) is 0 Å². The molecule has 0 bridgehead atoms. The third-order valence-electron chi connectivity index (χ3n) is 2.71. The fourth-order valence-electron chi connectivity index (χ4n) is 1.90. The van der Waals surface area contributed by atoms with Gasteiger partial charge >= 0.3 is 0 Å². The number of nitrogens with zero attached hydrogens (tertiary/aromatic N) is 1. The average molecular weight is 196 g/mol. The number of carbonyl (C=O) groups is 1. The number of likely N-dealkylation sites (tertiary alicyclic amines) is 1. The highest BCUT2D eigenvalue weighted by molar-refractivity contribution is 5.81. The Bertz CT molecular complexity index is 215. The Labute approximate surface area is 86.0 Å². The van der Waals surface area contributed by atoms with Gasteiger partial charge in [-0.25, -0.2) is 0 Å². The maximum atomic E-state index is 11.8. The molecule has 2 unspecified atom stereocenters. The lowest BCUT2D eigenvalue weighted by Crippen LogP contribution is -2.47. The second-order valence-electron chi connectivity index (χ2n) is 4.16. The zero-order valence-electron chi connectivity index (χ0n) is 8.91. The predicted octanol–water partition coefficient (Wildman–Crippen LogP) is 1.15. The lowest BCUT2D eigenvalue weighted by molar-refractivity contribution is -0.134. The van der Waals surface area contributed by atoms with Crippen LogP contribution in [0.3, 0.4) is 0 Å². The molecular formula is C11H20N2O. The van der Waals surface area contributed by atoms with E-state index in [-0.39, 0.29) is 5.91 Å². The Balaban J connectivity index is 2.46. The molecule has 0 aromatic heterocycles. The van der Waals surface area contributed by atoms with Crippen LogP contribution in [0.15, 0.2) is 12.7 Å². The van der Waals surface area contributed by atoms with Crippen molar-refractivity contribution in [3.8, 4) is 0 Å². The van der Waals surface area contributed by atoms with Crippen molar-refractivity contribution in [2.24, 2.45) is 11.7 Å². The normalized spacial score (nSPS) is 24.4. The molecule has 0 aliphatic carbocycles. The Hall–Kier alpha value is -0.830. The summed E-state index contributed by atoms with van der Waals surface area (Å²) < 4.78 is 0. The number of piperidine rings is 1. The second-order valence-corrected chi connectivity index (χ2v) is 4.16. The van der Waals surface area contributed by atoms with Crippen molar-refractivity contribution in [2.75, 3.05) is 13.1 Å². The van der Waals surface area contributed by atoms with Crippen LogP contribution in [0, 0.1) is 5.92 Å². The third kappa shape index (κ3) is 2.84. The molecule has 1 saturated heterocycles. The number of hydrogen-bond acceptors (Lipinski definition) is 2. The summed E-state index contributed by atoms with van der Waals surface area (Å²) in [7, 11) is 0. The van der Waals surface area contributed by atoms with Gasteiger partial charge in [-0.3, -0.25) is 4.79 Å². The Kier molecular flexibility index (Phi) is 4.14. The summed E-state index contributed by atoms with van der Waals surface area (Å²) in [6, 6.07) is -0.391. The van der Waals surface area contributed by atoms with Gasteiger partial charge in [-0.05, 0) is 25.2 Å². The molecule has 0 spiro atoms. The van der Waals surface area contributed by atoms with Crippen LogP contribution in [0.2, 0.25) is 0 Å². The predicted molar refractivity (Wildman–Crippen MR) is 57.8 cm³/mol. The first-order chi connectivity index (χ1) is 6.65. The van der Waals surface area contributed by atoms with Crippen LogP contribution in [-0.2, 0) is 4.79 Å². The summed E-state index contributed by atoms with van der Waals surface area (Å²) in [5, 5.41) is 0. The Morgan fingerprint density at radius 2 is 2.50 bits per heavy atom. The van der Waals surface area contributed by atoms with Crippen molar-refractivity contribution in [2.45, 2.75) is 32.2 Å². The summed E-state index contributed by atoms with van der Waals surface area (Å²) in [4.78, 5) is 13.7. The maximum Gasteiger partial charge on any atom is 0.239 e. The molecule has 0 aromatic carbocycles. The minimum Gasteiger partial charge on any atom is -0.341 e.